The minimum atomic E-state index is 0.348. The van der Waals surface area contributed by atoms with Crippen LogP contribution in [0.2, 0.25) is 0 Å². The molecule has 1 nitrogen and oxygen atoms in total. The molecule has 0 saturated heterocycles. The van der Waals surface area contributed by atoms with Crippen LogP contribution in [0.5, 0.6) is 0 Å². The highest BCUT2D eigenvalue weighted by Gasteiger charge is 1.88. The summed E-state index contributed by atoms with van der Waals surface area (Å²) in [5.74, 6) is 2.30. The molecule has 56 valence electrons. The molecule has 0 N–H and O–H groups in total. The number of nitrogens with zero attached hydrogens (tertiary/aromatic N) is 1. The van der Waals surface area contributed by atoms with Gasteiger partial charge in [-0.15, -0.1) is 6.42 Å². The van der Waals surface area contributed by atoms with E-state index in [4.69, 9.17) is 11.7 Å². The second kappa shape index (κ2) is 4.01. The molecule has 0 aromatic heterocycles. The van der Waals surface area contributed by atoms with Crippen LogP contribution in [0.25, 0.3) is 6.08 Å². The predicted molar refractivity (Wildman–Crippen MR) is 48.9 cm³/mol. The first kappa shape index (κ1) is 8.11. The quantitative estimate of drug-likeness (QED) is 0.448. The third kappa shape index (κ3) is 2.01. The largest absolute Gasteiger partial charge is 0.192 e. The van der Waals surface area contributed by atoms with E-state index in [-0.39, 0.29) is 0 Å². The number of rotatable bonds is 1. The third-order valence-corrected chi connectivity index (χ3v) is 1.39. The Morgan fingerprint density at radius 1 is 1.33 bits per heavy atom. The van der Waals surface area contributed by atoms with E-state index in [0.717, 1.165) is 5.56 Å². The standard InChI is InChI=1S/C11H7N/c1-2-10(9-12)8-11-6-4-3-5-7-11/h1,3-8H/b10-8+. The van der Waals surface area contributed by atoms with Gasteiger partial charge in [0.2, 0.25) is 0 Å². The van der Waals surface area contributed by atoms with Crippen LogP contribution in [0.1, 0.15) is 5.56 Å². The minimum absolute atomic E-state index is 0.348. The molecule has 0 bridgehead atoms. The number of benzene rings is 1. The van der Waals surface area contributed by atoms with Gasteiger partial charge < -0.3 is 0 Å². The third-order valence-electron chi connectivity index (χ3n) is 1.39. The van der Waals surface area contributed by atoms with Crippen molar-refractivity contribution < 1.29 is 0 Å². The predicted octanol–water partition coefficient (Wildman–Crippen LogP) is 2.23. The van der Waals surface area contributed by atoms with E-state index in [9.17, 15) is 0 Å². The lowest BCUT2D eigenvalue weighted by Crippen LogP contribution is -1.73. The van der Waals surface area contributed by atoms with Gasteiger partial charge in [-0.1, -0.05) is 36.3 Å². The highest BCUT2D eigenvalue weighted by molar-refractivity contribution is 5.62. The second-order valence-corrected chi connectivity index (χ2v) is 2.22. The fraction of sp³-hybridized carbons (Fsp3) is 0. The average Bonchev–Trinajstić information content (AvgIpc) is 2.16. The van der Waals surface area contributed by atoms with Gasteiger partial charge in [0, 0.05) is 0 Å². The summed E-state index contributed by atoms with van der Waals surface area (Å²) < 4.78 is 0. The monoisotopic (exact) mass is 153 g/mol. The van der Waals surface area contributed by atoms with Crippen molar-refractivity contribution in [3.63, 3.8) is 0 Å². The maximum atomic E-state index is 8.53. The number of hydrogen-bond acceptors (Lipinski definition) is 1. The average molecular weight is 153 g/mol. The molecule has 0 radical (unpaired) electrons. The lowest BCUT2D eigenvalue weighted by molar-refractivity contribution is 1.51. The van der Waals surface area contributed by atoms with Gasteiger partial charge in [0.15, 0.2) is 0 Å². The maximum Gasteiger partial charge on any atom is 0.108 e. The highest BCUT2D eigenvalue weighted by atomic mass is 14.2. The van der Waals surface area contributed by atoms with E-state index in [1.807, 2.05) is 36.4 Å². The molecule has 0 unspecified atom stereocenters. The lowest BCUT2D eigenvalue weighted by Gasteiger charge is -1.89. The molecule has 0 aliphatic carbocycles. The first-order valence-electron chi connectivity index (χ1n) is 3.50. The summed E-state index contributed by atoms with van der Waals surface area (Å²) in [6, 6.07) is 11.4. The highest BCUT2D eigenvalue weighted by Crippen LogP contribution is 2.04. The van der Waals surface area contributed by atoms with Crippen molar-refractivity contribution in [1.29, 1.82) is 5.26 Å². The van der Waals surface area contributed by atoms with Crippen LogP contribution in [0.15, 0.2) is 35.9 Å². The zero-order valence-electron chi connectivity index (χ0n) is 6.49. The second-order valence-electron chi connectivity index (χ2n) is 2.22. The van der Waals surface area contributed by atoms with E-state index in [2.05, 4.69) is 5.92 Å². The Balaban J connectivity index is 2.98. The first-order valence-corrected chi connectivity index (χ1v) is 3.50. The Bertz CT molecular complexity index is 344. The molecule has 0 atom stereocenters. The molecule has 1 rings (SSSR count). The molecule has 0 amide bonds. The molecule has 0 aliphatic rings. The Morgan fingerprint density at radius 3 is 2.50 bits per heavy atom. The van der Waals surface area contributed by atoms with Gasteiger partial charge in [0.1, 0.15) is 11.6 Å². The molecule has 0 heterocycles. The van der Waals surface area contributed by atoms with Gasteiger partial charge in [-0.3, -0.25) is 0 Å². The Labute approximate surface area is 72.0 Å². The van der Waals surface area contributed by atoms with Gasteiger partial charge in [-0.05, 0) is 11.6 Å². The van der Waals surface area contributed by atoms with Crippen molar-refractivity contribution in [1.82, 2.24) is 0 Å². The normalized spacial score (nSPS) is 10.0. The maximum absolute atomic E-state index is 8.53. The number of nitriles is 1. The molecule has 1 heteroatoms. The van der Waals surface area contributed by atoms with Crippen LogP contribution in [0.4, 0.5) is 0 Å². The summed E-state index contributed by atoms with van der Waals surface area (Å²) in [5, 5.41) is 8.53. The molecular formula is C11H7N. The summed E-state index contributed by atoms with van der Waals surface area (Å²) in [6.07, 6.45) is 6.77. The molecule has 1 aromatic rings. The van der Waals surface area contributed by atoms with E-state index in [0.29, 0.717) is 5.57 Å². The van der Waals surface area contributed by atoms with Crippen LogP contribution < -0.4 is 0 Å². The van der Waals surface area contributed by atoms with Gasteiger partial charge >= 0.3 is 0 Å². The molecule has 0 saturated carbocycles. The van der Waals surface area contributed by atoms with Crippen molar-refractivity contribution in [3.8, 4) is 18.4 Å². The zero-order valence-corrected chi connectivity index (χ0v) is 6.49. The van der Waals surface area contributed by atoms with Crippen molar-refractivity contribution >= 4 is 6.08 Å². The Kier molecular flexibility index (Phi) is 2.71. The minimum Gasteiger partial charge on any atom is -0.192 e. The van der Waals surface area contributed by atoms with Crippen LogP contribution in [-0.2, 0) is 0 Å². The van der Waals surface area contributed by atoms with Crippen LogP contribution in [-0.4, -0.2) is 0 Å². The van der Waals surface area contributed by atoms with Crippen molar-refractivity contribution in [2.75, 3.05) is 0 Å². The summed E-state index contributed by atoms with van der Waals surface area (Å²) >= 11 is 0. The lowest BCUT2D eigenvalue weighted by atomic mass is 10.1. The topological polar surface area (TPSA) is 23.8 Å². The number of hydrogen-bond donors (Lipinski definition) is 0. The van der Waals surface area contributed by atoms with E-state index < -0.39 is 0 Å². The molecule has 0 aliphatic heterocycles. The molecular weight excluding hydrogens is 146 g/mol. The SMILES string of the molecule is C#C/C(C#N)=C\c1ccccc1. The van der Waals surface area contributed by atoms with Crippen molar-refractivity contribution in [2.45, 2.75) is 0 Å². The van der Waals surface area contributed by atoms with Gasteiger partial charge in [0.05, 0.1) is 0 Å². The number of allylic oxidation sites excluding steroid dienone is 1. The van der Waals surface area contributed by atoms with Crippen LogP contribution in [0.3, 0.4) is 0 Å². The van der Waals surface area contributed by atoms with Crippen molar-refractivity contribution in [2.24, 2.45) is 0 Å². The number of terminal acetylenes is 1. The van der Waals surface area contributed by atoms with Crippen LogP contribution in [0, 0.1) is 23.7 Å². The first-order chi connectivity index (χ1) is 5.86. The summed E-state index contributed by atoms with van der Waals surface area (Å²) in [6.45, 7) is 0. The van der Waals surface area contributed by atoms with E-state index in [1.165, 1.54) is 0 Å². The summed E-state index contributed by atoms with van der Waals surface area (Å²) in [5.41, 5.74) is 1.30. The fourth-order valence-corrected chi connectivity index (χ4v) is 0.822. The molecule has 12 heavy (non-hydrogen) atoms. The zero-order chi connectivity index (χ0) is 8.81. The van der Waals surface area contributed by atoms with E-state index >= 15 is 0 Å². The molecule has 1 aromatic carbocycles. The Hall–Kier alpha value is -1.99. The molecule has 0 fully saturated rings. The summed E-state index contributed by atoms with van der Waals surface area (Å²) in [7, 11) is 0. The smallest absolute Gasteiger partial charge is 0.108 e. The molecule has 0 spiro atoms. The van der Waals surface area contributed by atoms with Gasteiger partial charge in [-0.2, -0.15) is 5.26 Å². The van der Waals surface area contributed by atoms with Crippen molar-refractivity contribution in [3.05, 3.63) is 41.5 Å². The fourth-order valence-electron chi connectivity index (χ4n) is 0.822. The van der Waals surface area contributed by atoms with Crippen LogP contribution >= 0.6 is 0 Å². The van der Waals surface area contributed by atoms with Gasteiger partial charge in [0.25, 0.3) is 0 Å². The summed E-state index contributed by atoms with van der Waals surface area (Å²) in [4.78, 5) is 0. The van der Waals surface area contributed by atoms with E-state index in [1.54, 1.807) is 6.08 Å². The Morgan fingerprint density at radius 2 is 2.00 bits per heavy atom. The van der Waals surface area contributed by atoms with Gasteiger partial charge in [-0.25, -0.2) is 0 Å².